The van der Waals surface area contributed by atoms with E-state index in [0.29, 0.717) is 25.8 Å². The summed E-state index contributed by atoms with van der Waals surface area (Å²) < 4.78 is 17.5. The van der Waals surface area contributed by atoms with Gasteiger partial charge in [0.1, 0.15) is 19.3 Å². The molecule has 0 N–H and O–H groups in total. The van der Waals surface area contributed by atoms with E-state index >= 15 is 0 Å². The number of ether oxygens (including phenoxy) is 3. The summed E-state index contributed by atoms with van der Waals surface area (Å²) in [4.78, 5) is 56.9. The number of carbonyl (C=O) groups excluding carboxylic acids is 4. The largest absolute Gasteiger partial charge is 0.463 e. The number of carbonyl (C=O) groups is 4. The maximum Gasteiger partial charge on any atom is 0.306 e. The van der Waals surface area contributed by atoms with Crippen LogP contribution in [0.5, 0.6) is 0 Å². The third-order valence-electron chi connectivity index (χ3n) is 12.8. The summed E-state index contributed by atoms with van der Waals surface area (Å²) in [5, 5.41) is 0. The zero-order valence-corrected chi connectivity index (χ0v) is 44.9. The molecule has 67 heavy (non-hydrogen) atoms. The van der Waals surface area contributed by atoms with Gasteiger partial charge < -0.3 is 24.0 Å². The number of hydrogen-bond acceptors (Lipinski definition) is 8. The van der Waals surface area contributed by atoms with Gasteiger partial charge in [-0.1, -0.05) is 180 Å². The number of hydrogen-bond donors (Lipinski definition) is 0. The van der Waals surface area contributed by atoms with E-state index < -0.39 is 6.04 Å². The van der Waals surface area contributed by atoms with Crippen molar-refractivity contribution in [1.29, 1.82) is 0 Å². The molecule has 0 heterocycles. The molecule has 9 heteroatoms. The fraction of sp³-hybridized carbons (Fsp3) is 0.862. The van der Waals surface area contributed by atoms with E-state index in [0.717, 1.165) is 109 Å². The molecule has 0 aromatic carbocycles. The highest BCUT2D eigenvalue weighted by molar-refractivity contribution is 5.82. The van der Waals surface area contributed by atoms with Crippen LogP contribution in [0.1, 0.15) is 272 Å². The van der Waals surface area contributed by atoms with Crippen molar-refractivity contribution in [1.82, 2.24) is 9.80 Å². The highest BCUT2D eigenvalue weighted by atomic mass is 16.6. The summed E-state index contributed by atoms with van der Waals surface area (Å²) in [5.74, 6) is -1.18. The van der Waals surface area contributed by atoms with Crippen LogP contribution in [-0.4, -0.2) is 86.2 Å². The smallest absolute Gasteiger partial charge is 0.306 e. The van der Waals surface area contributed by atoms with Crippen molar-refractivity contribution in [3.8, 4) is 0 Å². The molecule has 9 nitrogen and oxygen atoms in total. The van der Waals surface area contributed by atoms with E-state index in [1.807, 2.05) is 14.1 Å². The van der Waals surface area contributed by atoms with Crippen LogP contribution in [0.3, 0.4) is 0 Å². The standard InChI is InChI=1S/C58H108N2O7/c1-7-11-14-17-19-21-23-25-27-29-31-33-35-37-40-45-56(62)65-51-53(52-66-57(63)46-41-38-36-34-32-30-28-26-24-22-20-18-15-12-8-2)60(50-42-49-59(5)6)55(61)47-48-58(64)67-54(43-10-4)44-39-16-13-9-3/h25-28,53-54H,7-24,29-52H2,1-6H3/b27-25-,28-26-. The van der Waals surface area contributed by atoms with Crippen LogP contribution in [0, 0.1) is 0 Å². The first-order chi connectivity index (χ1) is 32.7. The number of allylic oxidation sites excluding steroid dienone is 4. The predicted molar refractivity (Wildman–Crippen MR) is 282 cm³/mol. The van der Waals surface area contributed by atoms with Gasteiger partial charge in [0, 0.05) is 25.8 Å². The lowest BCUT2D eigenvalue weighted by atomic mass is 10.1. The molecule has 392 valence electrons. The maximum absolute atomic E-state index is 14.0. The molecule has 0 saturated carbocycles. The van der Waals surface area contributed by atoms with Gasteiger partial charge in [-0.3, -0.25) is 19.2 Å². The number of unbranched alkanes of at least 4 members (excludes halogenated alkanes) is 25. The van der Waals surface area contributed by atoms with Gasteiger partial charge in [0.2, 0.25) is 5.91 Å². The summed E-state index contributed by atoms with van der Waals surface area (Å²) >= 11 is 0. The van der Waals surface area contributed by atoms with Crippen LogP contribution >= 0.6 is 0 Å². The van der Waals surface area contributed by atoms with Crippen molar-refractivity contribution in [2.75, 3.05) is 40.4 Å². The molecular formula is C58H108N2O7. The lowest BCUT2D eigenvalue weighted by Crippen LogP contribution is -2.47. The molecule has 0 aromatic heterocycles. The third kappa shape index (κ3) is 44.3. The molecule has 0 fully saturated rings. The predicted octanol–water partition coefficient (Wildman–Crippen LogP) is 15.8. The van der Waals surface area contributed by atoms with Gasteiger partial charge in [0.25, 0.3) is 0 Å². The Morgan fingerprint density at radius 3 is 1.22 bits per heavy atom. The minimum atomic E-state index is -0.645. The van der Waals surface area contributed by atoms with Gasteiger partial charge >= 0.3 is 17.9 Å². The van der Waals surface area contributed by atoms with Crippen LogP contribution in [0.4, 0.5) is 0 Å². The molecule has 0 radical (unpaired) electrons. The normalized spacial score (nSPS) is 12.2. The minimum absolute atomic E-state index is 0.0162. The van der Waals surface area contributed by atoms with Crippen LogP contribution in [0.25, 0.3) is 0 Å². The Kier molecular flexibility index (Phi) is 47.7. The molecule has 0 aromatic rings. The van der Waals surface area contributed by atoms with Crippen molar-refractivity contribution < 1.29 is 33.4 Å². The Morgan fingerprint density at radius 1 is 0.403 bits per heavy atom. The van der Waals surface area contributed by atoms with Gasteiger partial charge in [0.15, 0.2) is 0 Å². The van der Waals surface area contributed by atoms with E-state index in [4.69, 9.17) is 14.2 Å². The van der Waals surface area contributed by atoms with Crippen LogP contribution in [-0.2, 0) is 33.4 Å². The van der Waals surface area contributed by atoms with Crippen molar-refractivity contribution >= 4 is 23.8 Å². The molecule has 0 spiro atoms. The fourth-order valence-corrected chi connectivity index (χ4v) is 8.48. The quantitative estimate of drug-likeness (QED) is 0.0257. The fourth-order valence-electron chi connectivity index (χ4n) is 8.48. The first-order valence-corrected chi connectivity index (χ1v) is 28.4. The highest BCUT2D eigenvalue weighted by Crippen LogP contribution is 2.17. The molecule has 0 aliphatic carbocycles. The summed E-state index contributed by atoms with van der Waals surface area (Å²) in [6.07, 6.45) is 48.4. The lowest BCUT2D eigenvalue weighted by Gasteiger charge is -2.32. The SMILES string of the molecule is CCCCCCCC/C=C\CCCCCCCC(=O)OCC(COC(=O)CCCCCCC/C=C\CCCCCCCC)N(CCCN(C)C)C(=O)CCC(=O)OC(CCC)CCCCCC. The summed E-state index contributed by atoms with van der Waals surface area (Å²) in [7, 11) is 3.98. The maximum atomic E-state index is 14.0. The summed E-state index contributed by atoms with van der Waals surface area (Å²) in [6, 6.07) is -0.645. The molecule has 0 rings (SSSR count). The van der Waals surface area contributed by atoms with Gasteiger partial charge in [-0.05, 0) is 111 Å². The molecule has 0 bridgehead atoms. The van der Waals surface area contributed by atoms with Crippen LogP contribution < -0.4 is 0 Å². The van der Waals surface area contributed by atoms with Crippen molar-refractivity contribution in [3.05, 3.63) is 24.3 Å². The topological polar surface area (TPSA) is 102 Å². The van der Waals surface area contributed by atoms with E-state index in [1.54, 1.807) is 4.90 Å². The van der Waals surface area contributed by atoms with Gasteiger partial charge in [-0.2, -0.15) is 0 Å². The average Bonchev–Trinajstić information content (AvgIpc) is 3.31. The average molecular weight is 946 g/mol. The molecule has 0 saturated heterocycles. The Balaban J connectivity index is 5.22. The second-order valence-corrected chi connectivity index (χ2v) is 19.7. The molecule has 1 atom stereocenters. The van der Waals surface area contributed by atoms with E-state index in [1.165, 1.54) is 109 Å². The van der Waals surface area contributed by atoms with Crippen molar-refractivity contribution in [2.45, 2.75) is 284 Å². The van der Waals surface area contributed by atoms with Crippen LogP contribution in [0.2, 0.25) is 0 Å². The Bertz CT molecular complexity index is 1150. The summed E-state index contributed by atoms with van der Waals surface area (Å²) in [5.41, 5.74) is 0. The second kappa shape index (κ2) is 49.7. The molecule has 1 unspecified atom stereocenters. The molecule has 0 aliphatic rings. The monoisotopic (exact) mass is 945 g/mol. The van der Waals surface area contributed by atoms with E-state index in [-0.39, 0.29) is 56.0 Å². The lowest BCUT2D eigenvalue weighted by molar-refractivity contribution is -0.155. The Hall–Kier alpha value is -2.68. The van der Waals surface area contributed by atoms with Gasteiger partial charge in [-0.15, -0.1) is 0 Å². The van der Waals surface area contributed by atoms with Gasteiger partial charge in [0.05, 0.1) is 12.5 Å². The number of rotatable bonds is 50. The van der Waals surface area contributed by atoms with Crippen molar-refractivity contribution in [2.24, 2.45) is 0 Å². The van der Waals surface area contributed by atoms with E-state index in [2.05, 4.69) is 56.9 Å². The third-order valence-corrected chi connectivity index (χ3v) is 12.8. The molecule has 0 aliphatic heterocycles. The van der Waals surface area contributed by atoms with Crippen LogP contribution in [0.15, 0.2) is 24.3 Å². The second-order valence-electron chi connectivity index (χ2n) is 19.7. The van der Waals surface area contributed by atoms with Gasteiger partial charge in [-0.25, -0.2) is 0 Å². The number of esters is 3. The zero-order chi connectivity index (χ0) is 49.3. The highest BCUT2D eigenvalue weighted by Gasteiger charge is 2.27. The molecule has 1 amide bonds. The Morgan fingerprint density at radius 2 is 0.806 bits per heavy atom. The van der Waals surface area contributed by atoms with E-state index in [9.17, 15) is 19.2 Å². The first-order valence-electron chi connectivity index (χ1n) is 28.4. The molecular weight excluding hydrogens is 837 g/mol. The summed E-state index contributed by atoms with van der Waals surface area (Å²) in [6.45, 7) is 9.83. The first kappa shape index (κ1) is 64.3. The minimum Gasteiger partial charge on any atom is -0.463 e. The number of amides is 1. The number of nitrogens with zero attached hydrogens (tertiary/aromatic N) is 2. The zero-order valence-electron chi connectivity index (χ0n) is 44.9. The Labute approximate surface area is 414 Å². The van der Waals surface area contributed by atoms with Crippen molar-refractivity contribution in [3.63, 3.8) is 0 Å².